The van der Waals surface area contributed by atoms with Crippen LogP contribution in [0.25, 0.3) is 0 Å². The van der Waals surface area contributed by atoms with E-state index in [-0.39, 0.29) is 5.91 Å². The SMILES string of the molecule is Cc1c(C(=O)N(CCC(N)=S)c2ccccc2)cnn1C. The molecule has 1 aromatic carbocycles. The third-order valence-electron chi connectivity index (χ3n) is 3.36. The Morgan fingerprint density at radius 3 is 2.57 bits per heavy atom. The maximum absolute atomic E-state index is 12.8. The number of hydrogen-bond donors (Lipinski definition) is 1. The van der Waals surface area contributed by atoms with E-state index in [0.717, 1.165) is 11.4 Å². The van der Waals surface area contributed by atoms with Crippen molar-refractivity contribution in [2.24, 2.45) is 12.8 Å². The number of aryl methyl sites for hydroxylation is 1. The first-order chi connectivity index (χ1) is 10.0. The molecular formula is C15H18N4OS. The van der Waals surface area contributed by atoms with E-state index in [4.69, 9.17) is 18.0 Å². The van der Waals surface area contributed by atoms with E-state index in [1.807, 2.05) is 44.3 Å². The van der Waals surface area contributed by atoms with Crippen LogP contribution in [0.15, 0.2) is 36.5 Å². The molecule has 0 saturated heterocycles. The summed E-state index contributed by atoms with van der Waals surface area (Å²) in [5.74, 6) is -0.0944. The Labute approximate surface area is 129 Å². The molecular weight excluding hydrogens is 284 g/mol. The highest BCUT2D eigenvalue weighted by Gasteiger charge is 2.21. The summed E-state index contributed by atoms with van der Waals surface area (Å²) >= 11 is 4.92. The Morgan fingerprint density at radius 2 is 2.05 bits per heavy atom. The van der Waals surface area contributed by atoms with Gasteiger partial charge in [-0.1, -0.05) is 30.4 Å². The van der Waals surface area contributed by atoms with Crippen LogP contribution in [0, 0.1) is 6.92 Å². The van der Waals surface area contributed by atoms with Crippen LogP contribution < -0.4 is 10.6 Å². The maximum atomic E-state index is 12.8. The standard InChI is InChI=1S/C15H18N4OS/c1-11-13(10-17-18(11)2)15(20)19(9-8-14(16)21)12-6-4-3-5-7-12/h3-7,10H,8-9H2,1-2H3,(H2,16,21). The Hall–Kier alpha value is -2.21. The molecule has 0 aliphatic rings. The fourth-order valence-electron chi connectivity index (χ4n) is 2.03. The van der Waals surface area contributed by atoms with Crippen LogP contribution in [-0.2, 0) is 7.05 Å². The summed E-state index contributed by atoms with van der Waals surface area (Å²) in [4.78, 5) is 14.9. The van der Waals surface area contributed by atoms with E-state index >= 15 is 0 Å². The zero-order valence-electron chi connectivity index (χ0n) is 12.1. The topological polar surface area (TPSA) is 64.2 Å². The first kappa shape index (κ1) is 15.2. The van der Waals surface area contributed by atoms with Crippen LogP contribution in [0.3, 0.4) is 0 Å². The van der Waals surface area contributed by atoms with Crippen molar-refractivity contribution >= 4 is 28.8 Å². The summed E-state index contributed by atoms with van der Waals surface area (Å²) in [6, 6.07) is 9.49. The molecule has 1 heterocycles. The molecule has 1 aromatic heterocycles. The van der Waals surface area contributed by atoms with Crippen molar-refractivity contribution in [1.82, 2.24) is 9.78 Å². The number of thiocarbonyl (C=S) groups is 1. The molecule has 0 unspecified atom stereocenters. The second-order valence-corrected chi connectivity index (χ2v) is 5.30. The summed E-state index contributed by atoms with van der Waals surface area (Å²) in [7, 11) is 1.81. The fraction of sp³-hybridized carbons (Fsp3) is 0.267. The van der Waals surface area contributed by atoms with Gasteiger partial charge in [-0.05, 0) is 19.1 Å². The quantitative estimate of drug-likeness (QED) is 0.859. The number of aromatic nitrogens is 2. The average molecular weight is 302 g/mol. The number of amides is 1. The fourth-order valence-corrected chi connectivity index (χ4v) is 2.12. The number of hydrogen-bond acceptors (Lipinski definition) is 3. The van der Waals surface area contributed by atoms with Gasteiger partial charge in [-0.15, -0.1) is 0 Å². The zero-order valence-corrected chi connectivity index (χ0v) is 12.9. The van der Waals surface area contributed by atoms with Crippen LogP contribution in [0.2, 0.25) is 0 Å². The van der Waals surface area contributed by atoms with E-state index in [2.05, 4.69) is 5.10 Å². The molecule has 0 spiro atoms. The monoisotopic (exact) mass is 302 g/mol. The number of nitrogens with two attached hydrogens (primary N) is 1. The molecule has 6 heteroatoms. The predicted octanol–water partition coefficient (Wildman–Crippen LogP) is 2.05. The van der Waals surface area contributed by atoms with Crippen molar-refractivity contribution in [1.29, 1.82) is 0 Å². The lowest BCUT2D eigenvalue weighted by Crippen LogP contribution is -2.34. The second-order valence-electron chi connectivity index (χ2n) is 4.78. The molecule has 21 heavy (non-hydrogen) atoms. The van der Waals surface area contributed by atoms with Gasteiger partial charge in [0.15, 0.2) is 0 Å². The van der Waals surface area contributed by atoms with Crippen molar-refractivity contribution in [2.45, 2.75) is 13.3 Å². The van der Waals surface area contributed by atoms with E-state index in [1.165, 1.54) is 0 Å². The van der Waals surface area contributed by atoms with Gasteiger partial charge in [0.25, 0.3) is 5.91 Å². The molecule has 2 N–H and O–H groups in total. The molecule has 5 nitrogen and oxygen atoms in total. The zero-order chi connectivity index (χ0) is 15.4. The first-order valence-electron chi connectivity index (χ1n) is 6.64. The number of anilines is 1. The Morgan fingerprint density at radius 1 is 1.38 bits per heavy atom. The Kier molecular flexibility index (Phi) is 4.70. The minimum atomic E-state index is -0.0944. The maximum Gasteiger partial charge on any atom is 0.261 e. The van der Waals surface area contributed by atoms with Crippen LogP contribution in [-0.4, -0.2) is 27.2 Å². The van der Waals surface area contributed by atoms with Gasteiger partial charge in [-0.2, -0.15) is 5.10 Å². The molecule has 0 aliphatic heterocycles. The second kappa shape index (κ2) is 6.49. The van der Waals surface area contributed by atoms with Crippen molar-refractivity contribution in [3.05, 3.63) is 47.8 Å². The van der Waals surface area contributed by atoms with Gasteiger partial charge in [0.2, 0.25) is 0 Å². The average Bonchev–Trinajstić information content (AvgIpc) is 2.80. The molecule has 0 radical (unpaired) electrons. The molecule has 0 bridgehead atoms. The lowest BCUT2D eigenvalue weighted by Gasteiger charge is -2.22. The highest BCUT2D eigenvalue weighted by Crippen LogP contribution is 2.18. The largest absolute Gasteiger partial charge is 0.393 e. The first-order valence-corrected chi connectivity index (χ1v) is 7.05. The summed E-state index contributed by atoms with van der Waals surface area (Å²) < 4.78 is 1.68. The summed E-state index contributed by atoms with van der Waals surface area (Å²) in [6.07, 6.45) is 2.07. The van der Waals surface area contributed by atoms with Gasteiger partial charge in [-0.3, -0.25) is 9.48 Å². The molecule has 0 saturated carbocycles. The van der Waals surface area contributed by atoms with Gasteiger partial charge in [0, 0.05) is 31.4 Å². The predicted molar refractivity (Wildman–Crippen MR) is 87.5 cm³/mol. The Balaban J connectivity index is 2.33. The number of carbonyl (C=O) groups is 1. The van der Waals surface area contributed by atoms with Crippen molar-refractivity contribution < 1.29 is 4.79 Å². The molecule has 0 fully saturated rings. The van der Waals surface area contributed by atoms with Crippen molar-refractivity contribution in [2.75, 3.05) is 11.4 Å². The minimum absolute atomic E-state index is 0.0944. The highest BCUT2D eigenvalue weighted by atomic mass is 32.1. The highest BCUT2D eigenvalue weighted by molar-refractivity contribution is 7.80. The van der Waals surface area contributed by atoms with Gasteiger partial charge in [0.05, 0.1) is 16.7 Å². The lowest BCUT2D eigenvalue weighted by molar-refractivity contribution is 0.0987. The van der Waals surface area contributed by atoms with Gasteiger partial charge in [0.1, 0.15) is 0 Å². The van der Waals surface area contributed by atoms with Crippen LogP contribution >= 0.6 is 12.2 Å². The van der Waals surface area contributed by atoms with E-state index in [9.17, 15) is 4.79 Å². The third-order valence-corrected chi connectivity index (χ3v) is 3.56. The van der Waals surface area contributed by atoms with Gasteiger partial charge >= 0.3 is 0 Å². The number of carbonyl (C=O) groups excluding carboxylic acids is 1. The number of rotatable bonds is 5. The van der Waals surface area contributed by atoms with Crippen molar-refractivity contribution in [3.8, 4) is 0 Å². The molecule has 1 amide bonds. The number of para-hydroxylation sites is 1. The molecule has 2 rings (SSSR count). The van der Waals surface area contributed by atoms with Crippen LogP contribution in [0.4, 0.5) is 5.69 Å². The van der Waals surface area contributed by atoms with E-state index < -0.39 is 0 Å². The third kappa shape index (κ3) is 3.46. The summed E-state index contributed by atoms with van der Waals surface area (Å²) in [5, 5.41) is 4.13. The van der Waals surface area contributed by atoms with Crippen LogP contribution in [0.1, 0.15) is 22.5 Å². The van der Waals surface area contributed by atoms with E-state index in [1.54, 1.807) is 15.8 Å². The smallest absolute Gasteiger partial charge is 0.261 e. The summed E-state index contributed by atoms with van der Waals surface area (Å²) in [6.45, 7) is 2.32. The summed E-state index contributed by atoms with van der Waals surface area (Å²) in [5.41, 5.74) is 7.81. The lowest BCUT2D eigenvalue weighted by atomic mass is 10.2. The molecule has 0 atom stereocenters. The van der Waals surface area contributed by atoms with Gasteiger partial charge < -0.3 is 10.6 Å². The van der Waals surface area contributed by atoms with Crippen LogP contribution in [0.5, 0.6) is 0 Å². The Bertz CT molecular complexity index is 651. The normalized spacial score (nSPS) is 10.4. The molecule has 2 aromatic rings. The van der Waals surface area contributed by atoms with Crippen molar-refractivity contribution in [3.63, 3.8) is 0 Å². The molecule has 0 aliphatic carbocycles. The minimum Gasteiger partial charge on any atom is -0.393 e. The molecule has 110 valence electrons. The van der Waals surface area contributed by atoms with E-state index in [0.29, 0.717) is 23.5 Å². The van der Waals surface area contributed by atoms with Gasteiger partial charge in [-0.25, -0.2) is 0 Å². The number of benzene rings is 1. The number of nitrogens with zero attached hydrogens (tertiary/aromatic N) is 3.